The Labute approximate surface area is 194 Å². The number of carbonyl (C=O) groups excluding carboxylic acids is 1. The van der Waals surface area contributed by atoms with Gasteiger partial charge < -0.3 is 19.2 Å². The molecule has 0 bridgehead atoms. The second-order valence-electron chi connectivity index (χ2n) is 7.99. The lowest BCUT2D eigenvalue weighted by molar-refractivity contribution is 0.0524. The van der Waals surface area contributed by atoms with E-state index in [2.05, 4.69) is 11.9 Å². The van der Waals surface area contributed by atoms with Crippen molar-refractivity contribution in [1.82, 2.24) is 4.98 Å². The number of hydrogen-bond acceptors (Lipinski definition) is 5. The van der Waals surface area contributed by atoms with Crippen LogP contribution in [0.5, 0.6) is 11.5 Å². The monoisotopic (exact) mass is 451 g/mol. The van der Waals surface area contributed by atoms with Gasteiger partial charge in [-0.25, -0.2) is 4.79 Å². The Morgan fingerprint density at radius 2 is 1.64 bits per heavy atom. The van der Waals surface area contributed by atoms with Crippen LogP contribution >= 0.6 is 0 Å². The van der Waals surface area contributed by atoms with Crippen LogP contribution in [-0.2, 0) is 11.3 Å². The zero-order valence-electron chi connectivity index (χ0n) is 19.5. The second-order valence-corrected chi connectivity index (χ2v) is 7.99. The molecule has 0 fully saturated rings. The van der Waals surface area contributed by atoms with Crippen molar-refractivity contribution in [3.8, 4) is 11.5 Å². The molecule has 6 heteroatoms. The van der Waals surface area contributed by atoms with Gasteiger partial charge in [-0.05, 0) is 25.0 Å². The van der Waals surface area contributed by atoms with Gasteiger partial charge in [0, 0.05) is 12.3 Å². The highest BCUT2D eigenvalue weighted by Gasteiger charge is 2.17. The topological polar surface area (TPSA) is 77.6 Å². The Morgan fingerprint density at radius 1 is 0.909 bits per heavy atom. The summed E-state index contributed by atoms with van der Waals surface area (Å²) >= 11 is 0. The predicted octanol–water partition coefficient (Wildman–Crippen LogP) is 6.02. The normalized spacial score (nSPS) is 10.8. The quantitative estimate of drug-likeness (QED) is 0.254. The van der Waals surface area contributed by atoms with Crippen LogP contribution < -0.4 is 14.9 Å². The van der Waals surface area contributed by atoms with Crippen molar-refractivity contribution in [2.45, 2.75) is 59.0 Å². The minimum atomic E-state index is -0.639. The Balaban J connectivity index is 1.82. The predicted molar refractivity (Wildman–Crippen MR) is 130 cm³/mol. The van der Waals surface area contributed by atoms with Crippen LogP contribution in [-0.4, -0.2) is 24.2 Å². The summed E-state index contributed by atoms with van der Waals surface area (Å²) in [6.07, 6.45) is 8.33. The number of aromatic amines is 1. The van der Waals surface area contributed by atoms with Crippen LogP contribution in [0.25, 0.3) is 10.9 Å². The molecule has 0 atom stereocenters. The molecule has 176 valence electrons. The summed E-state index contributed by atoms with van der Waals surface area (Å²) in [7, 11) is 0. The van der Waals surface area contributed by atoms with Crippen molar-refractivity contribution in [2.24, 2.45) is 0 Å². The van der Waals surface area contributed by atoms with Crippen molar-refractivity contribution >= 4 is 16.9 Å². The van der Waals surface area contributed by atoms with E-state index in [0.717, 1.165) is 18.4 Å². The summed E-state index contributed by atoms with van der Waals surface area (Å²) in [6, 6.07) is 13.3. The summed E-state index contributed by atoms with van der Waals surface area (Å²) in [5.74, 6) is 0.412. The van der Waals surface area contributed by atoms with E-state index in [9.17, 15) is 9.59 Å². The van der Waals surface area contributed by atoms with Gasteiger partial charge in [0.25, 0.3) is 0 Å². The lowest BCUT2D eigenvalue weighted by atomic mass is 10.1. The fourth-order valence-corrected chi connectivity index (χ4v) is 3.61. The van der Waals surface area contributed by atoms with Crippen LogP contribution in [0, 0.1) is 0 Å². The zero-order chi connectivity index (χ0) is 23.5. The molecule has 0 aliphatic carbocycles. The van der Waals surface area contributed by atoms with E-state index in [4.69, 9.17) is 14.2 Å². The van der Waals surface area contributed by atoms with Gasteiger partial charge >= 0.3 is 5.97 Å². The molecule has 0 saturated carbocycles. The summed E-state index contributed by atoms with van der Waals surface area (Å²) in [5, 5.41) is 0.366. The molecule has 6 nitrogen and oxygen atoms in total. The van der Waals surface area contributed by atoms with Gasteiger partial charge in [0.15, 0.2) is 11.5 Å². The number of rotatable bonds is 13. The fourth-order valence-electron chi connectivity index (χ4n) is 3.61. The van der Waals surface area contributed by atoms with Gasteiger partial charge in [0.2, 0.25) is 5.43 Å². The van der Waals surface area contributed by atoms with E-state index >= 15 is 0 Å². The number of aromatic nitrogens is 1. The second kappa shape index (κ2) is 12.7. The number of carbonyl (C=O) groups is 1. The molecule has 0 saturated heterocycles. The highest BCUT2D eigenvalue weighted by Crippen LogP contribution is 2.32. The SMILES string of the molecule is CCCCCCCCOc1cc2c(=O)c(C(=O)OCC)c[nH]c2cc1OCc1ccccc1. The van der Waals surface area contributed by atoms with Crippen LogP contribution in [0.4, 0.5) is 0 Å². The molecule has 1 aromatic heterocycles. The van der Waals surface area contributed by atoms with Crippen molar-refractivity contribution in [1.29, 1.82) is 0 Å². The van der Waals surface area contributed by atoms with Gasteiger partial charge in [-0.3, -0.25) is 4.79 Å². The number of H-pyrrole nitrogens is 1. The average Bonchev–Trinajstić information content (AvgIpc) is 2.83. The Bertz CT molecular complexity index is 1090. The smallest absolute Gasteiger partial charge is 0.343 e. The molecule has 0 aliphatic heterocycles. The van der Waals surface area contributed by atoms with E-state index in [1.165, 1.54) is 31.9 Å². The van der Waals surface area contributed by atoms with Crippen LogP contribution in [0.2, 0.25) is 0 Å². The number of unbranched alkanes of at least 4 members (excludes halogenated alkanes) is 5. The standard InChI is InChI=1S/C27H33NO5/c1-3-5-6-7-8-12-15-32-24-16-21-23(28-18-22(26(21)29)27(30)31-4-2)17-25(24)33-19-20-13-10-9-11-14-20/h9-11,13-14,16-18H,3-8,12,15,19H2,1-2H3,(H,28,29). The summed E-state index contributed by atoms with van der Waals surface area (Å²) in [4.78, 5) is 28.1. The third-order valence-electron chi connectivity index (χ3n) is 5.43. The highest BCUT2D eigenvalue weighted by molar-refractivity contribution is 5.94. The van der Waals surface area contributed by atoms with Crippen LogP contribution in [0.3, 0.4) is 0 Å². The van der Waals surface area contributed by atoms with Gasteiger partial charge in [0.1, 0.15) is 12.2 Å². The highest BCUT2D eigenvalue weighted by atomic mass is 16.5. The number of ether oxygens (including phenoxy) is 3. The lowest BCUT2D eigenvalue weighted by Crippen LogP contribution is -2.18. The number of pyridine rings is 1. The molecule has 0 amide bonds. The molecular weight excluding hydrogens is 418 g/mol. The average molecular weight is 452 g/mol. The number of nitrogens with one attached hydrogen (secondary N) is 1. The molecule has 3 aromatic rings. The Kier molecular flexibility index (Phi) is 9.36. The van der Waals surface area contributed by atoms with Crippen molar-refractivity contribution in [3.05, 3.63) is 70.0 Å². The van der Waals surface area contributed by atoms with Crippen molar-refractivity contribution in [2.75, 3.05) is 13.2 Å². The van der Waals surface area contributed by atoms with E-state index in [0.29, 0.717) is 35.6 Å². The number of fused-ring (bicyclic) bond motifs is 1. The molecule has 33 heavy (non-hydrogen) atoms. The third kappa shape index (κ3) is 6.85. The molecule has 3 rings (SSSR count). The molecule has 0 unspecified atom stereocenters. The first-order valence-corrected chi connectivity index (χ1v) is 11.8. The van der Waals surface area contributed by atoms with Gasteiger partial charge in [-0.1, -0.05) is 69.4 Å². The molecule has 0 aliphatic rings. The van der Waals surface area contributed by atoms with Crippen LogP contribution in [0.1, 0.15) is 68.3 Å². The maximum atomic E-state index is 12.9. The van der Waals surface area contributed by atoms with Gasteiger partial charge in [-0.2, -0.15) is 0 Å². The minimum absolute atomic E-state index is 0.0239. The number of esters is 1. The molecular formula is C27H33NO5. The zero-order valence-corrected chi connectivity index (χ0v) is 19.5. The van der Waals surface area contributed by atoms with Crippen molar-refractivity contribution in [3.63, 3.8) is 0 Å². The van der Waals surface area contributed by atoms with Crippen LogP contribution in [0.15, 0.2) is 53.5 Å². The van der Waals surface area contributed by atoms with E-state index in [1.807, 2.05) is 30.3 Å². The number of hydrogen-bond donors (Lipinski definition) is 1. The molecule has 0 radical (unpaired) electrons. The summed E-state index contributed by atoms with van der Waals surface area (Å²) in [5.41, 5.74) is 1.19. The van der Waals surface area contributed by atoms with Gasteiger partial charge in [0.05, 0.1) is 24.1 Å². The van der Waals surface area contributed by atoms with E-state index < -0.39 is 5.97 Å². The first-order valence-electron chi connectivity index (χ1n) is 11.8. The lowest BCUT2D eigenvalue weighted by Gasteiger charge is -2.14. The largest absolute Gasteiger partial charge is 0.490 e. The number of benzene rings is 2. The third-order valence-corrected chi connectivity index (χ3v) is 5.43. The molecule has 1 heterocycles. The maximum absolute atomic E-state index is 12.9. The molecule has 0 spiro atoms. The van der Waals surface area contributed by atoms with Gasteiger partial charge in [-0.15, -0.1) is 0 Å². The van der Waals surface area contributed by atoms with Crippen molar-refractivity contribution < 1.29 is 19.0 Å². The first-order chi connectivity index (χ1) is 16.1. The Hall–Kier alpha value is -3.28. The molecule has 2 aromatic carbocycles. The van der Waals surface area contributed by atoms with E-state index in [-0.39, 0.29) is 17.6 Å². The maximum Gasteiger partial charge on any atom is 0.343 e. The fraction of sp³-hybridized carbons (Fsp3) is 0.407. The summed E-state index contributed by atoms with van der Waals surface area (Å²) < 4.78 is 17.1. The summed E-state index contributed by atoms with van der Waals surface area (Å²) in [6.45, 7) is 5.03. The Morgan fingerprint density at radius 3 is 2.39 bits per heavy atom. The van der Waals surface area contributed by atoms with E-state index in [1.54, 1.807) is 19.1 Å². The molecule has 1 N–H and O–H groups in total. The minimum Gasteiger partial charge on any atom is -0.490 e. The first kappa shape index (κ1) is 24.4.